The van der Waals surface area contributed by atoms with Crippen molar-refractivity contribution in [3.8, 4) is 0 Å². The van der Waals surface area contributed by atoms with E-state index < -0.39 is 0 Å². The Kier molecular flexibility index (Phi) is 3.36. The normalized spacial score (nSPS) is 38.4. The highest BCUT2D eigenvalue weighted by Crippen LogP contribution is 2.25. The molecule has 0 aromatic carbocycles. The number of piperazine rings is 3. The Morgan fingerprint density at radius 3 is 2.71 bits per heavy atom. The Labute approximate surface area is 104 Å². The van der Waals surface area contributed by atoms with Crippen LogP contribution in [0.1, 0.15) is 12.8 Å². The maximum Gasteiger partial charge on any atom is 0.0876 e. The highest BCUT2D eigenvalue weighted by Gasteiger charge is 2.37. The van der Waals surface area contributed by atoms with Gasteiger partial charge in [-0.05, 0) is 25.5 Å². The molecule has 1 N–H and O–H groups in total. The van der Waals surface area contributed by atoms with Gasteiger partial charge in [0.25, 0.3) is 0 Å². The zero-order chi connectivity index (χ0) is 11.7. The number of nitrogens with one attached hydrogen (secondary N) is 1. The minimum Gasteiger partial charge on any atom is -0.501 e. The van der Waals surface area contributed by atoms with Crippen molar-refractivity contribution in [2.45, 2.75) is 24.9 Å². The number of likely N-dealkylation sites (N-methyl/N-ethyl adjacent to an activating group) is 1. The smallest absolute Gasteiger partial charge is 0.0876 e. The van der Waals surface area contributed by atoms with Gasteiger partial charge in [-0.1, -0.05) is 0 Å². The van der Waals surface area contributed by atoms with Gasteiger partial charge in [0, 0.05) is 44.8 Å². The van der Waals surface area contributed by atoms with Crippen molar-refractivity contribution < 1.29 is 4.74 Å². The van der Waals surface area contributed by atoms with E-state index in [1.807, 2.05) is 6.26 Å². The first kappa shape index (κ1) is 11.5. The lowest BCUT2D eigenvalue weighted by Gasteiger charge is -2.50. The molecular weight excluding hydrogens is 214 g/mol. The van der Waals surface area contributed by atoms with Crippen LogP contribution in [0, 0.1) is 0 Å². The quantitative estimate of drug-likeness (QED) is 0.762. The van der Waals surface area contributed by atoms with E-state index in [-0.39, 0.29) is 0 Å². The lowest BCUT2D eigenvalue weighted by atomic mass is 9.91. The summed E-state index contributed by atoms with van der Waals surface area (Å²) >= 11 is 0. The van der Waals surface area contributed by atoms with Gasteiger partial charge < -0.3 is 10.1 Å². The number of ether oxygens (including phenoxy) is 1. The maximum atomic E-state index is 5.50. The standard InChI is InChI=1S/C13H23N3O/c1-14-13(11-3-2-8-17-10-11)12-9-15-4-6-16(12)7-5-15/h10,12-14H,2-9H2,1H3. The summed E-state index contributed by atoms with van der Waals surface area (Å²) in [4.78, 5) is 5.25. The van der Waals surface area contributed by atoms with Crippen LogP contribution in [0.2, 0.25) is 0 Å². The molecule has 2 bridgehead atoms. The summed E-state index contributed by atoms with van der Waals surface area (Å²) in [5.41, 5.74) is 1.46. The van der Waals surface area contributed by atoms with Crippen LogP contribution in [0.3, 0.4) is 0 Å². The second-order valence-electron chi connectivity index (χ2n) is 5.34. The lowest BCUT2D eigenvalue weighted by molar-refractivity contribution is 0.00160. The van der Waals surface area contributed by atoms with Crippen molar-refractivity contribution in [3.05, 3.63) is 11.8 Å². The van der Waals surface area contributed by atoms with Crippen molar-refractivity contribution in [2.24, 2.45) is 0 Å². The molecule has 0 spiro atoms. The highest BCUT2D eigenvalue weighted by molar-refractivity contribution is 5.15. The van der Waals surface area contributed by atoms with Gasteiger partial charge in [0.15, 0.2) is 0 Å². The van der Waals surface area contributed by atoms with Gasteiger partial charge in [-0.3, -0.25) is 9.80 Å². The summed E-state index contributed by atoms with van der Waals surface area (Å²) < 4.78 is 5.50. The Balaban J connectivity index is 1.74. The van der Waals surface area contributed by atoms with Crippen LogP contribution >= 0.6 is 0 Å². The molecule has 4 heteroatoms. The molecule has 0 aromatic rings. The Hall–Kier alpha value is -0.580. The molecule has 4 aliphatic heterocycles. The van der Waals surface area contributed by atoms with Crippen molar-refractivity contribution in [1.82, 2.24) is 15.1 Å². The van der Waals surface area contributed by atoms with Crippen LogP contribution in [-0.4, -0.2) is 68.3 Å². The number of fused-ring (bicyclic) bond motifs is 3. The number of hydrogen-bond donors (Lipinski definition) is 1. The minimum absolute atomic E-state index is 0.471. The van der Waals surface area contributed by atoms with Gasteiger partial charge in [0.2, 0.25) is 0 Å². The van der Waals surface area contributed by atoms with E-state index >= 15 is 0 Å². The fourth-order valence-electron chi connectivity index (χ4n) is 3.41. The van der Waals surface area contributed by atoms with E-state index in [1.165, 1.54) is 51.1 Å². The molecule has 4 rings (SSSR count). The number of rotatable bonds is 3. The molecule has 4 aliphatic rings. The monoisotopic (exact) mass is 237 g/mol. The summed E-state index contributed by atoms with van der Waals surface area (Å²) in [5, 5.41) is 3.51. The van der Waals surface area contributed by atoms with Crippen molar-refractivity contribution >= 4 is 0 Å². The maximum absolute atomic E-state index is 5.50. The van der Waals surface area contributed by atoms with E-state index in [2.05, 4.69) is 22.2 Å². The Morgan fingerprint density at radius 1 is 1.35 bits per heavy atom. The molecule has 2 atom stereocenters. The van der Waals surface area contributed by atoms with Gasteiger partial charge in [0.1, 0.15) is 0 Å². The van der Waals surface area contributed by atoms with Gasteiger partial charge in [-0.15, -0.1) is 0 Å². The Morgan fingerprint density at radius 2 is 2.18 bits per heavy atom. The number of nitrogens with zero attached hydrogens (tertiary/aromatic N) is 2. The molecule has 0 saturated carbocycles. The molecule has 4 nitrogen and oxygen atoms in total. The molecule has 0 amide bonds. The summed E-state index contributed by atoms with van der Waals surface area (Å²) in [7, 11) is 2.08. The Bertz CT molecular complexity index is 297. The summed E-state index contributed by atoms with van der Waals surface area (Å²) in [6, 6.07) is 1.11. The predicted octanol–water partition coefficient (Wildman–Crippen LogP) is 0.269. The van der Waals surface area contributed by atoms with Gasteiger partial charge in [0.05, 0.1) is 12.9 Å². The average molecular weight is 237 g/mol. The second-order valence-corrected chi connectivity index (χ2v) is 5.34. The average Bonchev–Trinajstić information content (AvgIpc) is 2.42. The fraction of sp³-hybridized carbons (Fsp3) is 0.846. The zero-order valence-electron chi connectivity index (χ0n) is 10.7. The summed E-state index contributed by atoms with van der Waals surface area (Å²) in [6.07, 6.45) is 4.36. The molecule has 0 radical (unpaired) electrons. The summed E-state index contributed by atoms with van der Waals surface area (Å²) in [5.74, 6) is 0. The van der Waals surface area contributed by atoms with Crippen LogP contribution in [0.5, 0.6) is 0 Å². The van der Waals surface area contributed by atoms with Gasteiger partial charge in [-0.2, -0.15) is 0 Å². The first-order valence-electron chi connectivity index (χ1n) is 6.82. The van der Waals surface area contributed by atoms with Crippen LogP contribution < -0.4 is 5.32 Å². The third-order valence-corrected chi connectivity index (χ3v) is 4.38. The topological polar surface area (TPSA) is 27.7 Å². The van der Waals surface area contributed by atoms with E-state index in [0.29, 0.717) is 12.1 Å². The first-order chi connectivity index (χ1) is 8.38. The van der Waals surface area contributed by atoms with E-state index in [4.69, 9.17) is 4.74 Å². The molecule has 3 fully saturated rings. The minimum atomic E-state index is 0.471. The summed E-state index contributed by atoms with van der Waals surface area (Å²) in [6.45, 7) is 7.07. The van der Waals surface area contributed by atoms with Crippen molar-refractivity contribution in [3.63, 3.8) is 0 Å². The SMILES string of the molecule is CNC(C1=COCCC1)C1CN2CCN1CC2. The second kappa shape index (κ2) is 4.96. The van der Waals surface area contributed by atoms with Gasteiger partial charge >= 0.3 is 0 Å². The zero-order valence-corrected chi connectivity index (χ0v) is 10.7. The van der Waals surface area contributed by atoms with Crippen LogP contribution in [0.25, 0.3) is 0 Å². The molecule has 2 unspecified atom stereocenters. The molecule has 3 saturated heterocycles. The lowest BCUT2D eigenvalue weighted by Crippen LogP contribution is -2.66. The van der Waals surface area contributed by atoms with Crippen LogP contribution in [0.15, 0.2) is 11.8 Å². The molecular formula is C13H23N3O. The van der Waals surface area contributed by atoms with Crippen molar-refractivity contribution in [2.75, 3.05) is 46.4 Å². The van der Waals surface area contributed by atoms with E-state index in [1.54, 1.807) is 0 Å². The molecule has 0 aliphatic carbocycles. The largest absolute Gasteiger partial charge is 0.501 e. The third kappa shape index (κ3) is 2.21. The predicted molar refractivity (Wildman–Crippen MR) is 67.9 cm³/mol. The highest BCUT2D eigenvalue weighted by atomic mass is 16.5. The van der Waals surface area contributed by atoms with Gasteiger partial charge in [-0.25, -0.2) is 0 Å². The number of hydrogen-bond acceptors (Lipinski definition) is 4. The third-order valence-electron chi connectivity index (χ3n) is 4.38. The first-order valence-corrected chi connectivity index (χ1v) is 6.82. The molecule has 96 valence electrons. The molecule has 0 aromatic heterocycles. The molecule has 17 heavy (non-hydrogen) atoms. The fourth-order valence-corrected chi connectivity index (χ4v) is 3.41. The van der Waals surface area contributed by atoms with Crippen molar-refractivity contribution in [1.29, 1.82) is 0 Å². The molecule has 4 heterocycles. The van der Waals surface area contributed by atoms with Crippen LogP contribution in [0.4, 0.5) is 0 Å². The van der Waals surface area contributed by atoms with E-state index in [0.717, 1.165) is 6.61 Å². The van der Waals surface area contributed by atoms with Crippen LogP contribution in [-0.2, 0) is 4.74 Å². The van der Waals surface area contributed by atoms with E-state index in [9.17, 15) is 0 Å².